The number of likely N-dealkylation sites (tertiary alicyclic amines) is 2. The smallest absolute Gasteiger partial charge is 0.407 e. The van der Waals surface area contributed by atoms with Gasteiger partial charge in [-0.05, 0) is 73.6 Å². The van der Waals surface area contributed by atoms with Crippen LogP contribution in [-0.2, 0) is 9.59 Å². The molecule has 14 heteroatoms. The lowest BCUT2D eigenvalue weighted by Gasteiger charge is -2.38. The third-order valence-electron chi connectivity index (χ3n) is 13.3. The van der Waals surface area contributed by atoms with Crippen molar-refractivity contribution >= 4 is 24.0 Å². The van der Waals surface area contributed by atoms with E-state index in [9.17, 15) is 29.4 Å². The van der Waals surface area contributed by atoms with Crippen LogP contribution in [0.2, 0.25) is 0 Å². The van der Waals surface area contributed by atoms with Crippen molar-refractivity contribution in [1.29, 1.82) is 0 Å². The zero-order valence-electron chi connectivity index (χ0n) is 33.3. The maximum absolute atomic E-state index is 13.9. The van der Waals surface area contributed by atoms with Crippen molar-refractivity contribution in [3.63, 3.8) is 0 Å². The van der Waals surface area contributed by atoms with Crippen LogP contribution in [0.25, 0.3) is 33.6 Å². The first-order chi connectivity index (χ1) is 28.1. The van der Waals surface area contributed by atoms with Crippen LogP contribution >= 0.6 is 0 Å². The number of hydrogen-bond donors (Lipinski definition) is 4. The van der Waals surface area contributed by atoms with Crippen LogP contribution in [0.3, 0.4) is 0 Å². The highest BCUT2D eigenvalue weighted by Crippen LogP contribution is 2.39. The van der Waals surface area contributed by atoms with Crippen molar-refractivity contribution < 1.29 is 29.4 Å². The van der Waals surface area contributed by atoms with Crippen LogP contribution in [0.4, 0.5) is 9.59 Å². The van der Waals surface area contributed by atoms with E-state index in [2.05, 4.69) is 58.5 Å². The average Bonchev–Trinajstić information content (AvgIpc) is 4.10. The molecule has 2 saturated carbocycles. The van der Waals surface area contributed by atoms with Crippen molar-refractivity contribution in [2.75, 3.05) is 27.2 Å². The summed E-state index contributed by atoms with van der Waals surface area (Å²) in [5.74, 6) is 0.918. The van der Waals surface area contributed by atoms with E-state index < -0.39 is 12.2 Å². The molecule has 0 bridgehead atoms. The number of aromatic amines is 2. The second-order valence-electron chi connectivity index (χ2n) is 16.6. The van der Waals surface area contributed by atoms with Crippen molar-refractivity contribution in [3.05, 3.63) is 72.6 Å². The van der Waals surface area contributed by atoms with Gasteiger partial charge >= 0.3 is 12.2 Å². The lowest BCUT2D eigenvalue weighted by atomic mass is 9.82. The summed E-state index contributed by atoms with van der Waals surface area (Å²) in [6.45, 7) is 1.29. The first-order valence-corrected chi connectivity index (χ1v) is 20.9. The summed E-state index contributed by atoms with van der Waals surface area (Å²) >= 11 is 0. The number of amides is 4. The average molecular weight is 791 g/mol. The zero-order valence-corrected chi connectivity index (χ0v) is 33.3. The molecular formula is C44H54N8O6. The predicted molar refractivity (Wildman–Crippen MR) is 217 cm³/mol. The Kier molecular flexibility index (Phi) is 11.3. The number of carboxylic acid groups (broad SMARTS) is 2. The highest BCUT2D eigenvalue weighted by molar-refractivity contribution is 5.82. The summed E-state index contributed by atoms with van der Waals surface area (Å²) in [5.41, 5.74) is 5.86. The minimum atomic E-state index is -0.994. The maximum Gasteiger partial charge on any atom is 0.407 e. The van der Waals surface area contributed by atoms with E-state index >= 15 is 0 Å². The molecule has 4 amide bonds. The normalized spacial score (nSPS) is 24.8. The second-order valence-corrected chi connectivity index (χ2v) is 16.6. The number of carbonyl (C=O) groups is 4. The molecule has 0 spiro atoms. The number of nitrogens with zero attached hydrogens (tertiary/aromatic N) is 6. The minimum Gasteiger partial charge on any atom is -0.465 e. The van der Waals surface area contributed by atoms with E-state index in [1.165, 1.54) is 9.80 Å². The van der Waals surface area contributed by atoms with E-state index in [-0.39, 0.29) is 47.8 Å². The first-order valence-electron chi connectivity index (χ1n) is 20.9. The molecule has 14 nitrogen and oxygen atoms in total. The van der Waals surface area contributed by atoms with Gasteiger partial charge < -0.3 is 39.8 Å². The van der Waals surface area contributed by atoms with Crippen LogP contribution in [0, 0.1) is 11.8 Å². The van der Waals surface area contributed by atoms with Gasteiger partial charge in [-0.2, -0.15) is 0 Å². The molecule has 4 aromatic rings. The van der Waals surface area contributed by atoms with Gasteiger partial charge in [-0.3, -0.25) is 9.59 Å². The summed E-state index contributed by atoms with van der Waals surface area (Å²) in [7, 11) is 3.15. The van der Waals surface area contributed by atoms with Crippen LogP contribution in [0.1, 0.15) is 101 Å². The fourth-order valence-corrected chi connectivity index (χ4v) is 10.1. The van der Waals surface area contributed by atoms with Gasteiger partial charge in [0.05, 0.1) is 47.7 Å². The number of aromatic nitrogens is 4. The van der Waals surface area contributed by atoms with Gasteiger partial charge in [0, 0.05) is 39.3 Å². The topological polar surface area (TPSA) is 179 Å². The fraction of sp³-hybridized carbons (Fsp3) is 0.500. The maximum atomic E-state index is 13.9. The van der Waals surface area contributed by atoms with Crippen molar-refractivity contribution in [3.8, 4) is 33.6 Å². The zero-order chi connectivity index (χ0) is 40.5. The quantitative estimate of drug-likeness (QED) is 0.133. The summed E-state index contributed by atoms with van der Waals surface area (Å²) in [5, 5.41) is 19.3. The Labute approximate surface area is 338 Å². The van der Waals surface area contributed by atoms with E-state index in [0.29, 0.717) is 38.8 Å². The number of rotatable bonds is 9. The van der Waals surface area contributed by atoms with Crippen LogP contribution in [0.5, 0.6) is 0 Å². The number of benzene rings is 2. The van der Waals surface area contributed by atoms with Gasteiger partial charge in [0.15, 0.2) is 0 Å². The van der Waals surface area contributed by atoms with Crippen molar-refractivity contribution in [1.82, 2.24) is 39.5 Å². The van der Waals surface area contributed by atoms with E-state index in [1.54, 1.807) is 14.1 Å². The molecule has 4 N–H and O–H groups in total. The Bertz CT molecular complexity index is 1960. The molecule has 0 radical (unpaired) electrons. The fourth-order valence-electron chi connectivity index (χ4n) is 10.1. The number of carbonyl (C=O) groups excluding carboxylic acids is 2. The number of nitrogens with one attached hydrogen (secondary N) is 2. The first kappa shape index (κ1) is 39.2. The molecule has 2 saturated heterocycles. The third-order valence-corrected chi connectivity index (χ3v) is 13.3. The molecule has 2 aromatic heterocycles. The summed E-state index contributed by atoms with van der Waals surface area (Å²) in [6, 6.07) is 15.7. The molecule has 4 aliphatic rings. The molecule has 2 aliphatic carbocycles. The van der Waals surface area contributed by atoms with Crippen molar-refractivity contribution in [2.24, 2.45) is 11.8 Å². The van der Waals surface area contributed by atoms with E-state index in [4.69, 9.17) is 9.97 Å². The molecule has 6 atom stereocenters. The minimum absolute atomic E-state index is 0.0331. The molecule has 4 heterocycles. The van der Waals surface area contributed by atoms with Crippen LogP contribution < -0.4 is 0 Å². The van der Waals surface area contributed by atoms with Gasteiger partial charge in [-0.15, -0.1) is 0 Å². The van der Waals surface area contributed by atoms with E-state index in [1.807, 2.05) is 22.2 Å². The van der Waals surface area contributed by atoms with E-state index in [0.717, 1.165) is 96.7 Å². The molecule has 2 aromatic carbocycles. The molecule has 4 fully saturated rings. The Morgan fingerprint density at radius 1 is 0.552 bits per heavy atom. The summed E-state index contributed by atoms with van der Waals surface area (Å²) in [6.07, 6.45) is 11.6. The Balaban J connectivity index is 0.911. The van der Waals surface area contributed by atoms with Crippen LogP contribution in [0.15, 0.2) is 60.9 Å². The van der Waals surface area contributed by atoms with Crippen molar-refractivity contribution in [2.45, 2.75) is 101 Å². The standard InChI is InChI=1S/C44H54N8O6/c1-49(43(55)56)35-11-5-3-9-31(35)41(53)51-23-7-13-37(51)39-45-25-33(47-39)29-19-15-27(16-20-29)28-17-21-30(22-18-28)34-26-46-40(48-34)38-14-8-24-52(38)42(54)32-10-4-6-12-36(32)50(2)44(57)58/h15-22,25-26,31-32,35-38H,3-14,23-24H2,1-2H3,(H,45,47)(H,46,48)(H,55,56)(H,57,58)/t31-,32-,35+,36+,37-,38-/m0/s1. The Morgan fingerprint density at radius 2 is 0.914 bits per heavy atom. The third kappa shape index (κ3) is 7.68. The lowest BCUT2D eigenvalue weighted by Crippen LogP contribution is -2.49. The van der Waals surface area contributed by atoms with Gasteiger partial charge in [0.1, 0.15) is 11.6 Å². The monoisotopic (exact) mass is 790 g/mol. The van der Waals surface area contributed by atoms with Gasteiger partial charge in [-0.25, -0.2) is 19.6 Å². The molecule has 58 heavy (non-hydrogen) atoms. The SMILES string of the molecule is CN(C(=O)O)[C@@H]1CCCC[C@@H]1C(=O)N1CCC[C@H]1c1ncc(-c2ccc(-c3ccc(-c4cnc([C@@H]5CCCN5C(=O)[C@H]5CCCC[C@H]5N(C)C(=O)O)[nH]4)cc3)cc2)[nH]1. The largest absolute Gasteiger partial charge is 0.465 e. The predicted octanol–water partition coefficient (Wildman–Crippen LogP) is 7.80. The van der Waals surface area contributed by atoms with Gasteiger partial charge in [0.2, 0.25) is 11.8 Å². The van der Waals surface area contributed by atoms with Gasteiger partial charge in [-0.1, -0.05) is 74.2 Å². The molecule has 306 valence electrons. The number of H-pyrrole nitrogens is 2. The number of imidazole rings is 2. The summed E-state index contributed by atoms with van der Waals surface area (Å²) < 4.78 is 0. The lowest BCUT2D eigenvalue weighted by molar-refractivity contribution is -0.140. The van der Waals surface area contributed by atoms with Crippen LogP contribution in [-0.4, -0.2) is 113 Å². The highest BCUT2D eigenvalue weighted by Gasteiger charge is 2.43. The molecule has 8 rings (SSSR count). The molecule has 2 aliphatic heterocycles. The van der Waals surface area contributed by atoms with Gasteiger partial charge in [0.25, 0.3) is 0 Å². The summed E-state index contributed by atoms with van der Waals surface area (Å²) in [4.78, 5) is 74.2. The molecule has 0 unspecified atom stereocenters. The Morgan fingerprint density at radius 3 is 1.29 bits per heavy atom. The molecular weight excluding hydrogens is 737 g/mol. The Hall–Kier alpha value is -5.66. The second kappa shape index (κ2) is 16.7. The number of hydrogen-bond acceptors (Lipinski definition) is 6. The highest BCUT2D eigenvalue weighted by atomic mass is 16.4.